The zero-order valence-electron chi connectivity index (χ0n) is 12.5. The highest BCUT2D eigenvalue weighted by atomic mass is 16.2. The smallest absolute Gasteiger partial charge is 0.225 e. The zero-order valence-corrected chi connectivity index (χ0v) is 12.5. The number of rotatable bonds is 4. The highest BCUT2D eigenvalue weighted by Gasteiger charge is 2.41. The number of amides is 2. The Morgan fingerprint density at radius 2 is 2.23 bits per heavy atom. The molecule has 1 saturated carbocycles. The lowest BCUT2D eigenvalue weighted by atomic mass is 10.1. The Morgan fingerprint density at radius 1 is 1.36 bits per heavy atom. The summed E-state index contributed by atoms with van der Waals surface area (Å²) in [7, 11) is 0. The lowest BCUT2D eigenvalue weighted by Crippen LogP contribution is -2.33. The van der Waals surface area contributed by atoms with Gasteiger partial charge in [-0.1, -0.05) is 0 Å². The molecule has 0 spiro atoms. The second-order valence-corrected chi connectivity index (χ2v) is 6.51. The van der Waals surface area contributed by atoms with Crippen LogP contribution in [-0.2, 0) is 29.0 Å². The summed E-state index contributed by atoms with van der Waals surface area (Å²) in [5, 5.41) is 2.89. The third-order valence-corrected chi connectivity index (χ3v) is 4.80. The second kappa shape index (κ2) is 5.34. The van der Waals surface area contributed by atoms with E-state index in [1.807, 2.05) is 11.1 Å². The maximum Gasteiger partial charge on any atom is 0.225 e. The summed E-state index contributed by atoms with van der Waals surface area (Å²) in [6.45, 7) is 0.917. The summed E-state index contributed by atoms with van der Waals surface area (Å²) < 4.78 is 0. The molecule has 22 heavy (non-hydrogen) atoms. The number of nitrogens with zero attached hydrogens (tertiary/aromatic N) is 3. The van der Waals surface area contributed by atoms with Crippen LogP contribution in [0.5, 0.6) is 0 Å². The van der Waals surface area contributed by atoms with Gasteiger partial charge in [0.25, 0.3) is 0 Å². The van der Waals surface area contributed by atoms with E-state index in [1.165, 1.54) is 5.56 Å². The van der Waals surface area contributed by atoms with Crippen molar-refractivity contribution in [3.63, 3.8) is 0 Å². The molecule has 0 unspecified atom stereocenters. The van der Waals surface area contributed by atoms with Crippen LogP contribution in [0.4, 0.5) is 0 Å². The van der Waals surface area contributed by atoms with Gasteiger partial charge in [-0.15, -0.1) is 0 Å². The first kappa shape index (κ1) is 13.7. The van der Waals surface area contributed by atoms with E-state index < -0.39 is 0 Å². The Kier molecular flexibility index (Phi) is 3.32. The molecule has 1 N–H and O–H groups in total. The number of hydrogen-bond acceptors (Lipinski definition) is 4. The number of carbonyl (C=O) groups excluding carboxylic acids is 2. The first-order chi connectivity index (χ1) is 10.7. The highest BCUT2D eigenvalue weighted by molar-refractivity contribution is 5.89. The quantitative estimate of drug-likeness (QED) is 0.883. The zero-order chi connectivity index (χ0) is 15.1. The Bertz CT molecular complexity index is 627. The van der Waals surface area contributed by atoms with Crippen LogP contribution in [0.2, 0.25) is 0 Å². The molecule has 2 fully saturated rings. The predicted octanol–water partition coefficient (Wildman–Crippen LogP) is 0.592. The van der Waals surface area contributed by atoms with Crippen LogP contribution in [0.25, 0.3) is 0 Å². The number of carbonyl (C=O) groups is 2. The minimum absolute atomic E-state index is 0.0550. The van der Waals surface area contributed by atoms with Gasteiger partial charge in [0.15, 0.2) is 0 Å². The standard InChI is InChI=1S/C16H20N4O2/c21-15-6-11(9-20(15)12-4-5-12)16(22)18-8-14-17-7-10-2-1-3-13(10)19-14/h7,11-12H,1-6,8-9H2,(H,18,22)/t11-/m1/s1. The van der Waals surface area contributed by atoms with Crippen LogP contribution in [0, 0.1) is 5.92 Å². The van der Waals surface area contributed by atoms with Crippen molar-refractivity contribution < 1.29 is 9.59 Å². The average Bonchev–Trinajstić information content (AvgIpc) is 3.12. The molecular weight excluding hydrogens is 280 g/mol. The number of hydrogen-bond donors (Lipinski definition) is 1. The predicted molar refractivity (Wildman–Crippen MR) is 78.7 cm³/mol. The van der Waals surface area contributed by atoms with Crippen LogP contribution in [0.15, 0.2) is 6.20 Å². The number of aromatic nitrogens is 2. The molecule has 1 atom stereocenters. The Balaban J connectivity index is 1.34. The molecule has 6 heteroatoms. The van der Waals surface area contributed by atoms with Crippen molar-refractivity contribution in [2.75, 3.05) is 6.54 Å². The monoisotopic (exact) mass is 300 g/mol. The number of aryl methyl sites for hydroxylation is 2. The molecule has 2 aliphatic carbocycles. The normalized spacial score (nSPS) is 23.7. The van der Waals surface area contributed by atoms with Gasteiger partial charge in [-0.05, 0) is 37.7 Å². The molecule has 0 aromatic carbocycles. The number of fused-ring (bicyclic) bond motifs is 1. The third kappa shape index (κ3) is 2.58. The van der Waals surface area contributed by atoms with Crippen molar-refractivity contribution in [1.82, 2.24) is 20.2 Å². The van der Waals surface area contributed by atoms with Crippen molar-refractivity contribution in [3.8, 4) is 0 Å². The van der Waals surface area contributed by atoms with Crippen LogP contribution in [-0.4, -0.2) is 39.3 Å². The van der Waals surface area contributed by atoms with Crippen LogP contribution in [0.1, 0.15) is 42.8 Å². The minimum Gasteiger partial charge on any atom is -0.348 e. The summed E-state index contributed by atoms with van der Waals surface area (Å²) in [6, 6.07) is 0.394. The van der Waals surface area contributed by atoms with Gasteiger partial charge in [0.1, 0.15) is 5.82 Å². The summed E-state index contributed by atoms with van der Waals surface area (Å²) in [6.07, 6.45) is 7.60. The SMILES string of the molecule is O=C(NCc1ncc2c(n1)CCC2)[C@@H]1CC(=O)N(C2CC2)C1. The van der Waals surface area contributed by atoms with Crippen molar-refractivity contribution >= 4 is 11.8 Å². The van der Waals surface area contributed by atoms with Gasteiger partial charge in [0.2, 0.25) is 11.8 Å². The highest BCUT2D eigenvalue weighted by Crippen LogP contribution is 2.32. The van der Waals surface area contributed by atoms with Crippen LogP contribution >= 0.6 is 0 Å². The van der Waals surface area contributed by atoms with Gasteiger partial charge in [0.05, 0.1) is 12.5 Å². The fourth-order valence-corrected chi connectivity index (χ4v) is 3.40. The fourth-order valence-electron chi connectivity index (χ4n) is 3.40. The molecule has 1 saturated heterocycles. The first-order valence-electron chi connectivity index (χ1n) is 8.11. The molecule has 1 aliphatic heterocycles. The van der Waals surface area contributed by atoms with Gasteiger partial charge >= 0.3 is 0 Å². The van der Waals surface area contributed by atoms with Crippen molar-refractivity contribution in [3.05, 3.63) is 23.3 Å². The van der Waals surface area contributed by atoms with Gasteiger partial charge in [0, 0.05) is 30.9 Å². The largest absolute Gasteiger partial charge is 0.348 e. The molecule has 1 aromatic rings. The molecule has 0 radical (unpaired) electrons. The topological polar surface area (TPSA) is 75.2 Å². The van der Waals surface area contributed by atoms with Gasteiger partial charge in [-0.25, -0.2) is 9.97 Å². The second-order valence-electron chi connectivity index (χ2n) is 6.51. The van der Waals surface area contributed by atoms with Gasteiger partial charge in [-0.3, -0.25) is 9.59 Å². The van der Waals surface area contributed by atoms with Crippen molar-refractivity contribution in [2.24, 2.45) is 5.92 Å². The van der Waals surface area contributed by atoms with E-state index in [9.17, 15) is 9.59 Å². The first-order valence-corrected chi connectivity index (χ1v) is 8.11. The molecule has 0 bridgehead atoms. The molecule has 4 rings (SSSR count). The number of nitrogens with one attached hydrogen (secondary N) is 1. The summed E-state index contributed by atoms with van der Waals surface area (Å²) in [4.78, 5) is 34.8. The molecule has 6 nitrogen and oxygen atoms in total. The minimum atomic E-state index is -0.220. The van der Waals surface area contributed by atoms with Crippen molar-refractivity contribution in [2.45, 2.75) is 51.1 Å². The van der Waals surface area contributed by atoms with Gasteiger partial charge in [-0.2, -0.15) is 0 Å². The van der Waals surface area contributed by atoms with Crippen LogP contribution in [0.3, 0.4) is 0 Å². The Hall–Kier alpha value is -1.98. The average molecular weight is 300 g/mol. The van der Waals surface area contributed by atoms with E-state index in [2.05, 4.69) is 15.3 Å². The van der Waals surface area contributed by atoms with E-state index in [-0.39, 0.29) is 17.7 Å². The van der Waals surface area contributed by atoms with E-state index in [4.69, 9.17) is 0 Å². The molecule has 2 amide bonds. The lowest BCUT2D eigenvalue weighted by molar-refractivity contribution is -0.129. The van der Waals surface area contributed by atoms with E-state index in [1.54, 1.807) is 0 Å². The van der Waals surface area contributed by atoms with Gasteiger partial charge < -0.3 is 10.2 Å². The fraction of sp³-hybridized carbons (Fsp3) is 0.625. The van der Waals surface area contributed by atoms with Crippen molar-refractivity contribution in [1.29, 1.82) is 0 Å². The summed E-state index contributed by atoms with van der Waals surface area (Å²) >= 11 is 0. The van der Waals surface area contributed by atoms with E-state index >= 15 is 0 Å². The van der Waals surface area contributed by atoms with Crippen LogP contribution < -0.4 is 5.32 Å². The maximum atomic E-state index is 12.2. The van der Waals surface area contributed by atoms with E-state index in [0.717, 1.165) is 37.8 Å². The molecule has 3 aliphatic rings. The molecule has 116 valence electrons. The number of likely N-dealkylation sites (tertiary alicyclic amines) is 1. The Labute approximate surface area is 129 Å². The molecule has 2 heterocycles. The van der Waals surface area contributed by atoms with E-state index in [0.29, 0.717) is 31.4 Å². The Morgan fingerprint density at radius 3 is 3.05 bits per heavy atom. The summed E-state index contributed by atoms with van der Waals surface area (Å²) in [5.41, 5.74) is 2.35. The molecule has 1 aromatic heterocycles. The lowest BCUT2D eigenvalue weighted by Gasteiger charge is -2.15. The maximum absolute atomic E-state index is 12.2. The molecular formula is C16H20N4O2. The third-order valence-electron chi connectivity index (χ3n) is 4.80. The summed E-state index contributed by atoms with van der Waals surface area (Å²) in [5.74, 6) is 0.511.